The van der Waals surface area contributed by atoms with Crippen LogP contribution in [-0.2, 0) is 14.8 Å². The molecule has 1 N–H and O–H groups in total. The lowest BCUT2D eigenvalue weighted by Crippen LogP contribution is -2.34. The highest BCUT2D eigenvalue weighted by Crippen LogP contribution is 2.18. The summed E-state index contributed by atoms with van der Waals surface area (Å²) in [5, 5.41) is 3.03. The molecule has 1 aromatic carbocycles. The highest BCUT2D eigenvalue weighted by molar-refractivity contribution is 7.89. The zero-order valence-corrected chi connectivity index (χ0v) is 15.9. The monoisotopic (exact) mass is 364 g/mol. The van der Waals surface area contributed by atoms with Gasteiger partial charge in [0, 0.05) is 25.2 Å². The van der Waals surface area contributed by atoms with E-state index in [9.17, 15) is 13.2 Å². The molecule has 0 radical (unpaired) electrons. The van der Waals surface area contributed by atoms with Crippen molar-refractivity contribution >= 4 is 22.0 Å². The average molecular weight is 365 g/mol. The number of nitrogens with zero attached hydrogens (tertiary/aromatic N) is 1. The molecule has 1 aliphatic carbocycles. The van der Waals surface area contributed by atoms with Gasteiger partial charge in [-0.1, -0.05) is 45.2 Å². The lowest BCUT2D eigenvalue weighted by molar-refractivity contribution is -0.117. The lowest BCUT2D eigenvalue weighted by Gasteiger charge is -2.21. The molecule has 0 spiro atoms. The first-order chi connectivity index (χ1) is 12.0. The molecule has 0 aromatic heterocycles. The number of rotatable bonds is 7. The molecule has 0 aliphatic heterocycles. The maximum Gasteiger partial charge on any atom is 0.244 e. The Kier molecular flexibility index (Phi) is 7.20. The van der Waals surface area contributed by atoms with E-state index in [4.69, 9.17) is 0 Å². The lowest BCUT2D eigenvalue weighted by atomic mass is 9.95. The summed E-state index contributed by atoms with van der Waals surface area (Å²) in [6.07, 6.45) is 8.95. The number of hydrogen-bond acceptors (Lipinski definition) is 3. The van der Waals surface area contributed by atoms with Crippen molar-refractivity contribution < 1.29 is 13.2 Å². The van der Waals surface area contributed by atoms with Crippen LogP contribution in [-0.4, -0.2) is 37.8 Å². The summed E-state index contributed by atoms with van der Waals surface area (Å²) in [5.74, 6) is -0.0910. The van der Waals surface area contributed by atoms with Gasteiger partial charge in [-0.3, -0.25) is 4.79 Å². The van der Waals surface area contributed by atoms with E-state index in [2.05, 4.69) is 5.32 Å². The minimum Gasteiger partial charge on any atom is -0.350 e. The van der Waals surface area contributed by atoms with E-state index in [1.807, 2.05) is 13.8 Å². The van der Waals surface area contributed by atoms with E-state index in [0.717, 1.165) is 18.4 Å². The molecule has 6 heteroatoms. The van der Waals surface area contributed by atoms with Crippen LogP contribution in [0.2, 0.25) is 0 Å². The fourth-order valence-electron chi connectivity index (χ4n) is 3.13. The summed E-state index contributed by atoms with van der Waals surface area (Å²) in [5.41, 5.74) is 0.803. The van der Waals surface area contributed by atoms with Gasteiger partial charge in [0.05, 0.1) is 4.90 Å². The second-order valence-electron chi connectivity index (χ2n) is 6.34. The molecule has 1 aromatic rings. The fraction of sp³-hybridized carbons (Fsp3) is 0.526. The Morgan fingerprint density at radius 3 is 2.28 bits per heavy atom. The highest BCUT2D eigenvalue weighted by Gasteiger charge is 2.21. The van der Waals surface area contributed by atoms with Crippen LogP contribution in [0.1, 0.15) is 51.5 Å². The van der Waals surface area contributed by atoms with Gasteiger partial charge in [0.2, 0.25) is 15.9 Å². The van der Waals surface area contributed by atoms with Crippen LogP contribution in [0.25, 0.3) is 6.08 Å². The maximum atomic E-state index is 12.4. The number of carbonyl (C=O) groups excluding carboxylic acids is 1. The molecule has 2 rings (SSSR count). The number of sulfonamides is 1. The van der Waals surface area contributed by atoms with Crippen LogP contribution >= 0.6 is 0 Å². The zero-order chi connectivity index (χ0) is 18.3. The van der Waals surface area contributed by atoms with Crippen molar-refractivity contribution in [1.29, 1.82) is 0 Å². The molecule has 0 bridgehead atoms. The Bertz CT molecular complexity index is 686. The molecule has 5 nitrogen and oxygen atoms in total. The van der Waals surface area contributed by atoms with Gasteiger partial charge in [0.25, 0.3) is 0 Å². The van der Waals surface area contributed by atoms with Crippen molar-refractivity contribution in [3.63, 3.8) is 0 Å². The normalized spacial score (nSPS) is 16.4. The number of amides is 1. The number of benzene rings is 1. The molecular formula is C19H28N2O3S. The largest absolute Gasteiger partial charge is 0.350 e. The van der Waals surface area contributed by atoms with Crippen LogP contribution in [0.5, 0.6) is 0 Å². The minimum atomic E-state index is -3.44. The number of hydrogen-bond donors (Lipinski definition) is 1. The Labute approximate surface area is 151 Å². The summed E-state index contributed by atoms with van der Waals surface area (Å²) >= 11 is 0. The minimum absolute atomic E-state index is 0.0910. The predicted molar refractivity (Wildman–Crippen MR) is 101 cm³/mol. The fourth-order valence-corrected chi connectivity index (χ4v) is 4.59. The van der Waals surface area contributed by atoms with Crippen molar-refractivity contribution in [1.82, 2.24) is 9.62 Å². The molecule has 1 amide bonds. The first-order valence-corrected chi connectivity index (χ1v) is 10.5. The highest BCUT2D eigenvalue weighted by atomic mass is 32.2. The van der Waals surface area contributed by atoms with Gasteiger partial charge in [-0.2, -0.15) is 4.31 Å². The van der Waals surface area contributed by atoms with Crippen LogP contribution in [0.3, 0.4) is 0 Å². The van der Waals surface area contributed by atoms with Crippen LogP contribution in [0, 0.1) is 0 Å². The predicted octanol–water partition coefficient (Wildman–Crippen LogP) is 3.18. The van der Waals surface area contributed by atoms with Crippen LogP contribution in [0.4, 0.5) is 0 Å². The Hall–Kier alpha value is -1.66. The maximum absolute atomic E-state index is 12.4. The molecule has 0 saturated heterocycles. The standard InChI is InChI=1S/C19H28N2O3S/c1-3-21(4-2)25(23,24)18-13-10-16(11-14-18)12-15-19(22)20-17-8-6-5-7-9-17/h10-15,17H,3-9H2,1-2H3,(H,20,22). The smallest absolute Gasteiger partial charge is 0.244 e. The Morgan fingerprint density at radius 1 is 1.12 bits per heavy atom. The SMILES string of the molecule is CCN(CC)S(=O)(=O)c1ccc(C=CC(=O)NC2CCCCC2)cc1. The molecule has 25 heavy (non-hydrogen) atoms. The zero-order valence-electron chi connectivity index (χ0n) is 15.1. The quantitative estimate of drug-likeness (QED) is 0.756. The van der Waals surface area contributed by atoms with E-state index in [1.54, 1.807) is 30.3 Å². The first-order valence-electron chi connectivity index (χ1n) is 9.06. The van der Waals surface area contributed by atoms with Crippen LogP contribution < -0.4 is 5.32 Å². The van der Waals surface area contributed by atoms with E-state index < -0.39 is 10.0 Å². The van der Waals surface area contributed by atoms with E-state index in [-0.39, 0.29) is 16.8 Å². The van der Waals surface area contributed by atoms with Gasteiger partial charge >= 0.3 is 0 Å². The van der Waals surface area contributed by atoms with Gasteiger partial charge in [0.1, 0.15) is 0 Å². The summed E-state index contributed by atoms with van der Waals surface area (Å²) in [7, 11) is -3.44. The molecule has 1 fully saturated rings. The van der Waals surface area contributed by atoms with Gasteiger partial charge in [-0.15, -0.1) is 0 Å². The van der Waals surface area contributed by atoms with Gasteiger partial charge in [-0.25, -0.2) is 8.42 Å². The number of carbonyl (C=O) groups is 1. The van der Waals surface area contributed by atoms with E-state index in [0.29, 0.717) is 13.1 Å². The molecular weight excluding hydrogens is 336 g/mol. The molecule has 138 valence electrons. The summed E-state index contributed by atoms with van der Waals surface area (Å²) < 4.78 is 26.3. The van der Waals surface area contributed by atoms with Gasteiger partial charge in [0.15, 0.2) is 0 Å². The third-order valence-corrected chi connectivity index (χ3v) is 6.67. The summed E-state index contributed by atoms with van der Waals surface area (Å²) in [4.78, 5) is 12.3. The molecule has 0 atom stereocenters. The first kappa shape index (κ1) is 19.7. The molecule has 0 heterocycles. The third-order valence-electron chi connectivity index (χ3n) is 4.60. The van der Waals surface area contributed by atoms with Crippen molar-refractivity contribution in [2.45, 2.75) is 56.9 Å². The van der Waals surface area contributed by atoms with E-state index in [1.165, 1.54) is 29.6 Å². The summed E-state index contributed by atoms with van der Waals surface area (Å²) in [6.45, 7) is 4.54. The van der Waals surface area contributed by atoms with Crippen molar-refractivity contribution in [3.8, 4) is 0 Å². The second-order valence-corrected chi connectivity index (χ2v) is 8.27. The third kappa shape index (κ3) is 5.41. The van der Waals surface area contributed by atoms with Crippen molar-refractivity contribution in [2.24, 2.45) is 0 Å². The molecule has 1 aliphatic rings. The van der Waals surface area contributed by atoms with Gasteiger partial charge in [-0.05, 0) is 36.6 Å². The topological polar surface area (TPSA) is 66.5 Å². The number of nitrogens with one attached hydrogen (secondary N) is 1. The Balaban J connectivity index is 1.98. The second kappa shape index (κ2) is 9.15. The average Bonchev–Trinajstić information content (AvgIpc) is 2.62. The molecule has 0 unspecified atom stereocenters. The molecule has 1 saturated carbocycles. The Morgan fingerprint density at radius 2 is 1.72 bits per heavy atom. The van der Waals surface area contributed by atoms with Crippen molar-refractivity contribution in [2.75, 3.05) is 13.1 Å². The van der Waals surface area contributed by atoms with Gasteiger partial charge < -0.3 is 5.32 Å². The van der Waals surface area contributed by atoms with Crippen LogP contribution in [0.15, 0.2) is 35.2 Å². The van der Waals surface area contributed by atoms with E-state index >= 15 is 0 Å². The van der Waals surface area contributed by atoms with Crippen molar-refractivity contribution in [3.05, 3.63) is 35.9 Å². The summed E-state index contributed by atoms with van der Waals surface area (Å²) in [6, 6.07) is 6.91.